The molecular weight excluding hydrogens is 492 g/mol. The molecule has 5 N–H and O–H groups in total. The summed E-state index contributed by atoms with van der Waals surface area (Å²) in [5.74, 6) is 1.20. The first-order chi connectivity index (χ1) is 17.6. The molecule has 200 valence electrons. The number of aliphatic hydroxyl groups excluding tert-OH is 2. The van der Waals surface area contributed by atoms with Gasteiger partial charge in [-0.25, -0.2) is 9.97 Å². The standard InChI is InChI=1S/C26H36N6O4S/c1-13-19(24-31-20-14(2)27-8-7-18(20)37-24)23(30-17-11-16(26(3,4)35)21(33)22(17)34)32-25(29-13)28-9-10-36-12-15-5-6-15/h7-8,15-17,21-22,33-35H,5-6,9-12H2,1-4H3,(H2,28,29,30,32). The Kier molecular flexibility index (Phi) is 7.34. The Bertz CT molecular complexity index is 1260. The summed E-state index contributed by atoms with van der Waals surface area (Å²) in [7, 11) is 0. The minimum atomic E-state index is -1.13. The van der Waals surface area contributed by atoms with Crippen molar-refractivity contribution in [2.45, 2.75) is 70.8 Å². The number of anilines is 2. The van der Waals surface area contributed by atoms with Crippen LogP contribution < -0.4 is 10.6 Å². The number of fused-ring (bicyclic) bond motifs is 1. The average Bonchev–Trinajstić information content (AvgIpc) is 3.48. The van der Waals surface area contributed by atoms with E-state index in [1.165, 1.54) is 24.2 Å². The minimum Gasteiger partial charge on any atom is -0.390 e. The molecule has 0 radical (unpaired) electrons. The van der Waals surface area contributed by atoms with Gasteiger partial charge in [0.1, 0.15) is 22.4 Å². The van der Waals surface area contributed by atoms with E-state index in [0.717, 1.165) is 38.8 Å². The highest BCUT2D eigenvalue weighted by atomic mass is 32.1. The fourth-order valence-electron chi connectivity index (χ4n) is 4.93. The number of pyridine rings is 1. The third-order valence-electron chi connectivity index (χ3n) is 7.29. The van der Waals surface area contributed by atoms with Crippen LogP contribution in [0.25, 0.3) is 20.8 Å². The predicted molar refractivity (Wildman–Crippen MR) is 144 cm³/mol. The van der Waals surface area contributed by atoms with Crippen LogP contribution in [-0.2, 0) is 4.74 Å². The molecule has 3 aromatic rings. The molecule has 2 aliphatic rings. The van der Waals surface area contributed by atoms with Crippen molar-refractivity contribution in [3.05, 3.63) is 23.7 Å². The van der Waals surface area contributed by atoms with Crippen LogP contribution in [-0.4, -0.2) is 78.9 Å². The first kappa shape index (κ1) is 26.2. The SMILES string of the molecule is Cc1nc(NCCOCC2CC2)nc(NC2CC(C(C)(C)O)C(O)C2O)c1-c1nc2c(C)nccc2s1. The lowest BCUT2D eigenvalue weighted by molar-refractivity contribution is -0.0601. The summed E-state index contributed by atoms with van der Waals surface area (Å²) in [5, 5.41) is 39.4. The number of hydrogen-bond donors (Lipinski definition) is 5. The van der Waals surface area contributed by atoms with E-state index in [-0.39, 0.29) is 0 Å². The first-order valence-electron chi connectivity index (χ1n) is 12.9. The average molecular weight is 529 g/mol. The summed E-state index contributed by atoms with van der Waals surface area (Å²) in [5.41, 5.74) is 2.02. The van der Waals surface area contributed by atoms with Crippen molar-refractivity contribution in [1.82, 2.24) is 19.9 Å². The quantitative estimate of drug-likeness (QED) is 0.249. The van der Waals surface area contributed by atoms with Gasteiger partial charge in [0, 0.05) is 25.3 Å². The van der Waals surface area contributed by atoms with E-state index in [1.54, 1.807) is 20.0 Å². The molecule has 4 unspecified atom stereocenters. The van der Waals surface area contributed by atoms with Crippen LogP contribution >= 0.6 is 11.3 Å². The van der Waals surface area contributed by atoms with Crippen LogP contribution in [0.15, 0.2) is 12.3 Å². The van der Waals surface area contributed by atoms with Gasteiger partial charge in [-0.15, -0.1) is 11.3 Å². The summed E-state index contributed by atoms with van der Waals surface area (Å²) in [6.45, 7) is 9.08. The van der Waals surface area contributed by atoms with Gasteiger partial charge in [-0.05, 0) is 58.9 Å². The van der Waals surface area contributed by atoms with Crippen LogP contribution in [0.1, 0.15) is 44.5 Å². The highest BCUT2D eigenvalue weighted by Gasteiger charge is 2.48. The molecule has 3 aromatic heterocycles. The maximum absolute atomic E-state index is 10.8. The second kappa shape index (κ2) is 10.4. The van der Waals surface area contributed by atoms with Gasteiger partial charge in [-0.1, -0.05) is 0 Å². The van der Waals surface area contributed by atoms with Crippen LogP contribution in [0.3, 0.4) is 0 Å². The number of aromatic nitrogens is 4. The van der Waals surface area contributed by atoms with E-state index in [4.69, 9.17) is 19.7 Å². The van der Waals surface area contributed by atoms with Crippen molar-refractivity contribution in [2.75, 3.05) is 30.4 Å². The number of aliphatic hydroxyl groups is 3. The van der Waals surface area contributed by atoms with Crippen LogP contribution in [0, 0.1) is 25.7 Å². The number of nitrogens with one attached hydrogen (secondary N) is 2. The molecule has 0 saturated heterocycles. The van der Waals surface area contributed by atoms with Crippen molar-refractivity contribution < 1.29 is 20.1 Å². The lowest BCUT2D eigenvalue weighted by atomic mass is 9.88. The third-order valence-corrected chi connectivity index (χ3v) is 8.32. The van der Waals surface area contributed by atoms with Gasteiger partial charge in [0.05, 0.1) is 46.0 Å². The fourth-order valence-corrected chi connectivity index (χ4v) is 6.04. The Morgan fingerprint density at radius 1 is 1.11 bits per heavy atom. The zero-order valence-corrected chi connectivity index (χ0v) is 22.5. The Morgan fingerprint density at radius 2 is 1.89 bits per heavy atom. The molecule has 3 heterocycles. The summed E-state index contributed by atoms with van der Waals surface area (Å²) in [6.07, 6.45) is 2.55. The highest BCUT2D eigenvalue weighted by Crippen LogP contribution is 2.40. The van der Waals surface area contributed by atoms with Crippen LogP contribution in [0.5, 0.6) is 0 Å². The minimum absolute atomic E-state index is 0.384. The van der Waals surface area contributed by atoms with E-state index in [9.17, 15) is 15.3 Å². The Hall–Kier alpha value is -2.44. The normalized spacial score (nSPS) is 24.1. The molecular formula is C26H36N6O4S. The summed E-state index contributed by atoms with van der Waals surface area (Å²) >= 11 is 1.53. The third kappa shape index (κ3) is 5.70. The number of thiazole rings is 1. The molecule has 11 heteroatoms. The van der Waals surface area contributed by atoms with Crippen molar-refractivity contribution in [2.24, 2.45) is 11.8 Å². The predicted octanol–water partition coefficient (Wildman–Crippen LogP) is 2.90. The van der Waals surface area contributed by atoms with E-state index < -0.39 is 29.8 Å². The lowest BCUT2D eigenvalue weighted by Gasteiger charge is -2.28. The number of aryl methyl sites for hydroxylation is 2. The molecule has 5 rings (SSSR count). The smallest absolute Gasteiger partial charge is 0.224 e. The van der Waals surface area contributed by atoms with Crippen LogP contribution in [0.4, 0.5) is 11.8 Å². The Balaban J connectivity index is 1.44. The van der Waals surface area contributed by atoms with Gasteiger partial charge in [-0.2, -0.15) is 4.98 Å². The summed E-state index contributed by atoms with van der Waals surface area (Å²) in [4.78, 5) is 18.7. The second-order valence-corrected chi connectivity index (χ2v) is 11.8. The molecule has 0 aliphatic heterocycles. The monoisotopic (exact) mass is 528 g/mol. The van der Waals surface area contributed by atoms with Gasteiger partial charge >= 0.3 is 0 Å². The number of hydrogen-bond acceptors (Lipinski definition) is 11. The molecule has 2 saturated carbocycles. The first-order valence-corrected chi connectivity index (χ1v) is 13.7. The zero-order valence-electron chi connectivity index (χ0n) is 21.7. The maximum atomic E-state index is 10.8. The van der Waals surface area contributed by atoms with E-state index in [1.807, 2.05) is 19.9 Å². The largest absolute Gasteiger partial charge is 0.390 e. The number of rotatable bonds is 10. The summed E-state index contributed by atoms with van der Waals surface area (Å²) in [6, 6.07) is 1.43. The second-order valence-electron chi connectivity index (χ2n) is 10.8. The van der Waals surface area contributed by atoms with Crippen LogP contribution in [0.2, 0.25) is 0 Å². The van der Waals surface area contributed by atoms with Crippen molar-refractivity contribution in [1.29, 1.82) is 0 Å². The Morgan fingerprint density at radius 3 is 2.57 bits per heavy atom. The molecule has 0 amide bonds. The molecule has 0 aromatic carbocycles. The molecule has 2 aliphatic carbocycles. The zero-order chi connectivity index (χ0) is 26.3. The summed E-state index contributed by atoms with van der Waals surface area (Å²) < 4.78 is 6.74. The van der Waals surface area contributed by atoms with Crippen molar-refractivity contribution >= 4 is 33.3 Å². The number of nitrogens with zero attached hydrogens (tertiary/aromatic N) is 4. The van der Waals surface area contributed by atoms with E-state index >= 15 is 0 Å². The van der Waals surface area contributed by atoms with Gasteiger partial charge in [0.2, 0.25) is 5.95 Å². The molecule has 0 spiro atoms. The van der Waals surface area contributed by atoms with E-state index in [0.29, 0.717) is 37.3 Å². The van der Waals surface area contributed by atoms with Gasteiger partial charge < -0.3 is 30.7 Å². The lowest BCUT2D eigenvalue weighted by Crippen LogP contribution is -2.40. The van der Waals surface area contributed by atoms with Crippen molar-refractivity contribution in [3.8, 4) is 10.6 Å². The fraction of sp³-hybridized carbons (Fsp3) is 0.615. The molecule has 37 heavy (non-hydrogen) atoms. The molecule has 2 fully saturated rings. The maximum Gasteiger partial charge on any atom is 0.224 e. The molecule has 10 nitrogen and oxygen atoms in total. The highest BCUT2D eigenvalue weighted by molar-refractivity contribution is 7.21. The van der Waals surface area contributed by atoms with Crippen molar-refractivity contribution in [3.63, 3.8) is 0 Å². The van der Waals surface area contributed by atoms with Gasteiger partial charge in [0.25, 0.3) is 0 Å². The van der Waals surface area contributed by atoms with E-state index in [2.05, 4.69) is 15.6 Å². The Labute approximate surface area is 220 Å². The van der Waals surface area contributed by atoms with Gasteiger partial charge in [0.15, 0.2) is 0 Å². The molecule has 4 atom stereocenters. The topological polar surface area (TPSA) is 146 Å². The molecule has 0 bridgehead atoms. The number of ether oxygens (including phenoxy) is 1. The van der Waals surface area contributed by atoms with Gasteiger partial charge in [-0.3, -0.25) is 4.98 Å².